The minimum Gasteiger partial charge on any atom is -0.355 e. The van der Waals surface area contributed by atoms with Crippen molar-refractivity contribution in [1.29, 1.82) is 0 Å². The number of hydrogen-bond donors (Lipinski definition) is 1. The average molecular weight is 396 g/mol. The summed E-state index contributed by atoms with van der Waals surface area (Å²) < 4.78 is 14.2. The average Bonchev–Trinajstić information content (AvgIpc) is 2.49. The predicted octanol–water partition coefficient (Wildman–Crippen LogP) is 4.05. The largest absolute Gasteiger partial charge is 0.355 e. The first-order valence-electron chi connectivity index (χ1n) is 7.10. The van der Waals surface area contributed by atoms with Crippen LogP contribution in [0.3, 0.4) is 0 Å². The summed E-state index contributed by atoms with van der Waals surface area (Å²) in [5, 5.41) is 3.41. The van der Waals surface area contributed by atoms with Gasteiger partial charge in [-0.2, -0.15) is 0 Å². The van der Waals surface area contributed by atoms with Crippen LogP contribution < -0.4 is 10.2 Å². The molecule has 0 aliphatic carbocycles. The molecule has 0 aromatic heterocycles. The molecule has 3 rings (SSSR count). The fourth-order valence-electron chi connectivity index (χ4n) is 2.75. The quantitative estimate of drug-likeness (QED) is 0.468. The van der Waals surface area contributed by atoms with E-state index in [9.17, 15) is 4.39 Å². The summed E-state index contributed by atoms with van der Waals surface area (Å²) in [7, 11) is 0. The Morgan fingerprint density at radius 2 is 1.95 bits per heavy atom. The highest BCUT2D eigenvalue weighted by molar-refractivity contribution is 14.1. The molecule has 0 spiro atoms. The molecule has 1 fully saturated rings. The zero-order valence-electron chi connectivity index (χ0n) is 11.9. The topological polar surface area (TPSA) is 15.3 Å². The molecule has 4 heteroatoms. The van der Waals surface area contributed by atoms with E-state index in [-0.39, 0.29) is 9.36 Å². The van der Waals surface area contributed by atoms with Gasteiger partial charge in [0.1, 0.15) is 9.36 Å². The molecule has 1 unspecified atom stereocenters. The van der Waals surface area contributed by atoms with Gasteiger partial charge in [0.05, 0.1) is 0 Å². The minimum absolute atomic E-state index is 0.00178. The fraction of sp³-hybridized carbons (Fsp3) is 0.294. The van der Waals surface area contributed by atoms with E-state index < -0.39 is 0 Å². The van der Waals surface area contributed by atoms with Gasteiger partial charge in [0.2, 0.25) is 0 Å². The third kappa shape index (κ3) is 3.06. The maximum atomic E-state index is 14.2. The summed E-state index contributed by atoms with van der Waals surface area (Å²) in [4.78, 5) is 2.34. The number of piperazine rings is 1. The van der Waals surface area contributed by atoms with Gasteiger partial charge in [0.15, 0.2) is 0 Å². The maximum Gasteiger partial charge on any atom is 0.131 e. The van der Waals surface area contributed by atoms with E-state index in [1.807, 2.05) is 42.5 Å². The molecular formula is C17H18FIN2. The Bertz CT molecular complexity index is 628. The van der Waals surface area contributed by atoms with Crippen LogP contribution in [-0.4, -0.2) is 23.2 Å². The molecule has 1 N–H and O–H groups in total. The van der Waals surface area contributed by atoms with Crippen LogP contribution in [0.4, 0.5) is 10.1 Å². The lowest BCUT2D eigenvalue weighted by molar-refractivity contribution is 0.485. The fourth-order valence-corrected chi connectivity index (χ4v) is 3.54. The minimum atomic E-state index is -0.171. The van der Waals surface area contributed by atoms with Crippen LogP contribution in [0.2, 0.25) is 0 Å². The summed E-state index contributed by atoms with van der Waals surface area (Å²) in [6.07, 6.45) is 0. The molecule has 2 aromatic carbocycles. The number of halogens is 2. The Morgan fingerprint density at radius 1 is 1.19 bits per heavy atom. The first kappa shape index (κ1) is 14.8. The van der Waals surface area contributed by atoms with Gasteiger partial charge >= 0.3 is 0 Å². The number of anilines is 1. The van der Waals surface area contributed by atoms with Crippen LogP contribution >= 0.6 is 22.6 Å². The third-order valence-electron chi connectivity index (χ3n) is 3.87. The van der Waals surface area contributed by atoms with Crippen molar-refractivity contribution >= 4 is 28.3 Å². The molecule has 0 radical (unpaired) electrons. The van der Waals surface area contributed by atoms with Crippen molar-refractivity contribution in [1.82, 2.24) is 5.32 Å². The monoisotopic (exact) mass is 396 g/mol. The van der Waals surface area contributed by atoms with Gasteiger partial charge in [-0.05, 0) is 30.7 Å². The van der Waals surface area contributed by atoms with Gasteiger partial charge in [-0.25, -0.2) is 4.39 Å². The van der Waals surface area contributed by atoms with E-state index >= 15 is 0 Å². The number of alkyl halides is 1. The van der Waals surface area contributed by atoms with E-state index in [0.29, 0.717) is 5.56 Å². The van der Waals surface area contributed by atoms with Crippen molar-refractivity contribution in [2.45, 2.75) is 10.5 Å². The molecule has 0 amide bonds. The SMILES string of the molecule is CC1(I)CNCCN1c1ccc(F)c(-c2ccccc2)c1. The molecule has 1 saturated heterocycles. The Balaban J connectivity index is 2.02. The van der Waals surface area contributed by atoms with Gasteiger partial charge in [-0.3, -0.25) is 0 Å². The van der Waals surface area contributed by atoms with E-state index in [1.165, 1.54) is 0 Å². The van der Waals surface area contributed by atoms with Crippen molar-refractivity contribution < 1.29 is 4.39 Å². The van der Waals surface area contributed by atoms with Gasteiger partial charge in [0, 0.05) is 30.9 Å². The Kier molecular flexibility index (Phi) is 4.17. The summed E-state index contributed by atoms with van der Waals surface area (Å²) in [5.74, 6) is -0.171. The highest BCUT2D eigenvalue weighted by Gasteiger charge is 2.31. The zero-order valence-corrected chi connectivity index (χ0v) is 14.1. The van der Waals surface area contributed by atoms with Crippen molar-refractivity contribution in [3.05, 3.63) is 54.3 Å². The Hall–Kier alpha value is -1.14. The number of nitrogens with zero attached hydrogens (tertiary/aromatic N) is 1. The van der Waals surface area contributed by atoms with E-state index in [2.05, 4.69) is 39.7 Å². The number of rotatable bonds is 2. The highest BCUT2D eigenvalue weighted by atomic mass is 127. The highest BCUT2D eigenvalue weighted by Crippen LogP contribution is 2.34. The van der Waals surface area contributed by atoms with E-state index in [1.54, 1.807) is 6.07 Å². The molecule has 0 saturated carbocycles. The maximum absolute atomic E-state index is 14.2. The molecular weight excluding hydrogens is 378 g/mol. The van der Waals surface area contributed by atoms with Crippen LogP contribution in [0, 0.1) is 5.82 Å². The third-order valence-corrected chi connectivity index (χ3v) is 4.83. The standard InChI is InChI=1S/C17H18FIN2/c1-17(19)12-20-9-10-21(17)14-7-8-16(18)15(11-14)13-5-3-2-4-6-13/h2-8,11,20H,9-10,12H2,1H3. The molecule has 2 aromatic rings. The lowest BCUT2D eigenvalue weighted by Gasteiger charge is -2.43. The van der Waals surface area contributed by atoms with Crippen molar-refractivity contribution in [2.24, 2.45) is 0 Å². The van der Waals surface area contributed by atoms with Crippen LogP contribution in [0.25, 0.3) is 11.1 Å². The number of nitrogens with one attached hydrogen (secondary N) is 1. The Morgan fingerprint density at radius 3 is 2.67 bits per heavy atom. The molecule has 1 atom stereocenters. The molecule has 110 valence electrons. The second-order valence-electron chi connectivity index (χ2n) is 5.50. The molecule has 1 aliphatic heterocycles. The molecule has 1 aliphatic rings. The predicted molar refractivity (Wildman–Crippen MR) is 94.5 cm³/mol. The van der Waals surface area contributed by atoms with E-state index in [4.69, 9.17) is 0 Å². The molecule has 1 heterocycles. The lowest BCUT2D eigenvalue weighted by Crippen LogP contribution is -2.56. The number of hydrogen-bond acceptors (Lipinski definition) is 2. The molecule has 2 nitrogen and oxygen atoms in total. The Labute approximate surface area is 138 Å². The first-order valence-corrected chi connectivity index (χ1v) is 8.18. The van der Waals surface area contributed by atoms with Crippen LogP contribution in [0.15, 0.2) is 48.5 Å². The van der Waals surface area contributed by atoms with Crippen molar-refractivity contribution in [3.8, 4) is 11.1 Å². The summed E-state index contributed by atoms with van der Waals surface area (Å²) in [6.45, 7) is 5.01. The van der Waals surface area contributed by atoms with Crippen LogP contribution in [-0.2, 0) is 0 Å². The van der Waals surface area contributed by atoms with Crippen molar-refractivity contribution in [2.75, 3.05) is 24.5 Å². The smallest absolute Gasteiger partial charge is 0.131 e. The van der Waals surface area contributed by atoms with Gasteiger partial charge in [0.25, 0.3) is 0 Å². The van der Waals surface area contributed by atoms with Crippen LogP contribution in [0.5, 0.6) is 0 Å². The van der Waals surface area contributed by atoms with Gasteiger partial charge in [-0.1, -0.05) is 52.9 Å². The second-order valence-corrected chi connectivity index (χ2v) is 7.82. The van der Waals surface area contributed by atoms with Gasteiger partial charge in [-0.15, -0.1) is 0 Å². The zero-order chi connectivity index (χ0) is 14.9. The van der Waals surface area contributed by atoms with Crippen molar-refractivity contribution in [3.63, 3.8) is 0 Å². The first-order chi connectivity index (χ1) is 10.1. The number of benzene rings is 2. The second kappa shape index (κ2) is 5.93. The molecule has 21 heavy (non-hydrogen) atoms. The normalized spacial score (nSPS) is 22.3. The summed E-state index contributed by atoms with van der Waals surface area (Å²) in [6, 6.07) is 15.1. The van der Waals surface area contributed by atoms with E-state index in [0.717, 1.165) is 30.9 Å². The lowest BCUT2D eigenvalue weighted by atomic mass is 10.0. The van der Waals surface area contributed by atoms with Crippen LogP contribution in [0.1, 0.15) is 6.92 Å². The molecule has 0 bridgehead atoms. The summed E-state index contributed by atoms with van der Waals surface area (Å²) in [5.41, 5.74) is 2.66. The van der Waals surface area contributed by atoms with Gasteiger partial charge < -0.3 is 10.2 Å². The summed E-state index contributed by atoms with van der Waals surface area (Å²) >= 11 is 2.46.